The van der Waals surface area contributed by atoms with Crippen LogP contribution in [0.3, 0.4) is 0 Å². The predicted octanol–water partition coefficient (Wildman–Crippen LogP) is 2.08. The minimum Gasteiger partial charge on any atom is -0.339 e. The van der Waals surface area contributed by atoms with Crippen molar-refractivity contribution < 1.29 is 8.91 Å². The van der Waals surface area contributed by atoms with Gasteiger partial charge in [0.15, 0.2) is 5.82 Å². The van der Waals surface area contributed by atoms with Crippen molar-refractivity contribution in [1.82, 2.24) is 10.1 Å². The van der Waals surface area contributed by atoms with E-state index in [4.69, 9.17) is 10.3 Å². The minimum atomic E-state index is -0.375. The first-order valence-electron chi connectivity index (χ1n) is 5.77. The van der Waals surface area contributed by atoms with Gasteiger partial charge < -0.3 is 10.3 Å². The molecular weight excluding hydrogens is 233 g/mol. The second kappa shape index (κ2) is 4.86. The molecule has 0 saturated carbocycles. The number of nitrogens with two attached hydrogens (primary N) is 1. The number of rotatable bonds is 4. The highest BCUT2D eigenvalue weighted by Gasteiger charge is 2.17. The van der Waals surface area contributed by atoms with Gasteiger partial charge in [-0.05, 0) is 31.5 Å². The summed E-state index contributed by atoms with van der Waals surface area (Å²) in [7, 11) is 0. The fourth-order valence-electron chi connectivity index (χ4n) is 1.61. The second-order valence-electron chi connectivity index (χ2n) is 5.07. The summed E-state index contributed by atoms with van der Waals surface area (Å²) in [6.07, 6.45) is 1.05. The van der Waals surface area contributed by atoms with Crippen molar-refractivity contribution in [3.05, 3.63) is 47.4 Å². The molecule has 0 aliphatic heterocycles. The van der Waals surface area contributed by atoms with E-state index in [1.54, 1.807) is 12.1 Å². The van der Waals surface area contributed by atoms with E-state index in [1.807, 2.05) is 13.8 Å². The SMILES string of the molecule is CC(C)(N)Cc1nc(Cc2ccc(F)cc2)no1. The average Bonchev–Trinajstić information content (AvgIpc) is 2.66. The highest BCUT2D eigenvalue weighted by molar-refractivity contribution is 5.19. The van der Waals surface area contributed by atoms with Crippen molar-refractivity contribution >= 4 is 0 Å². The summed E-state index contributed by atoms with van der Waals surface area (Å²) in [4.78, 5) is 4.26. The quantitative estimate of drug-likeness (QED) is 0.901. The second-order valence-corrected chi connectivity index (χ2v) is 5.07. The Labute approximate surface area is 105 Å². The molecule has 0 unspecified atom stereocenters. The van der Waals surface area contributed by atoms with E-state index < -0.39 is 0 Å². The zero-order chi connectivity index (χ0) is 13.2. The van der Waals surface area contributed by atoms with Gasteiger partial charge in [-0.2, -0.15) is 4.98 Å². The Bertz CT molecular complexity index is 514. The lowest BCUT2D eigenvalue weighted by Crippen LogP contribution is -2.34. The van der Waals surface area contributed by atoms with Gasteiger partial charge in [-0.1, -0.05) is 17.3 Å². The molecule has 0 saturated heterocycles. The summed E-state index contributed by atoms with van der Waals surface area (Å²) >= 11 is 0. The van der Waals surface area contributed by atoms with Gasteiger partial charge in [-0.15, -0.1) is 0 Å². The maximum absolute atomic E-state index is 12.8. The molecule has 18 heavy (non-hydrogen) atoms. The normalized spacial score (nSPS) is 11.8. The fourth-order valence-corrected chi connectivity index (χ4v) is 1.61. The first-order chi connectivity index (χ1) is 8.42. The maximum atomic E-state index is 12.8. The standard InChI is InChI=1S/C13H16FN3O/c1-13(2,15)8-12-16-11(17-18-12)7-9-3-5-10(14)6-4-9/h3-6H,7-8,15H2,1-2H3. The Morgan fingerprint density at radius 1 is 1.28 bits per heavy atom. The zero-order valence-electron chi connectivity index (χ0n) is 10.5. The van der Waals surface area contributed by atoms with Crippen LogP contribution in [0.5, 0.6) is 0 Å². The number of hydrogen-bond donors (Lipinski definition) is 1. The molecule has 1 heterocycles. The van der Waals surface area contributed by atoms with Gasteiger partial charge in [0.25, 0.3) is 0 Å². The van der Waals surface area contributed by atoms with E-state index in [2.05, 4.69) is 10.1 Å². The van der Waals surface area contributed by atoms with Crippen LogP contribution < -0.4 is 5.73 Å². The number of nitrogens with zero attached hydrogens (tertiary/aromatic N) is 2. The molecule has 1 aromatic carbocycles. The third-order valence-electron chi connectivity index (χ3n) is 2.39. The van der Waals surface area contributed by atoms with E-state index in [0.29, 0.717) is 24.6 Å². The van der Waals surface area contributed by atoms with E-state index >= 15 is 0 Å². The van der Waals surface area contributed by atoms with Crippen LogP contribution in [0.2, 0.25) is 0 Å². The average molecular weight is 249 g/mol. The lowest BCUT2D eigenvalue weighted by Gasteiger charge is -2.14. The fraction of sp³-hybridized carbons (Fsp3) is 0.385. The smallest absolute Gasteiger partial charge is 0.228 e. The molecule has 2 rings (SSSR count). The van der Waals surface area contributed by atoms with Gasteiger partial charge in [0.1, 0.15) is 5.82 Å². The van der Waals surface area contributed by atoms with Crippen molar-refractivity contribution in [3.63, 3.8) is 0 Å². The number of aromatic nitrogens is 2. The molecular formula is C13H16FN3O. The Morgan fingerprint density at radius 3 is 2.56 bits per heavy atom. The van der Waals surface area contributed by atoms with Crippen molar-refractivity contribution in [2.75, 3.05) is 0 Å². The van der Waals surface area contributed by atoms with Gasteiger partial charge >= 0.3 is 0 Å². The lowest BCUT2D eigenvalue weighted by molar-refractivity contribution is 0.345. The summed E-state index contributed by atoms with van der Waals surface area (Å²) in [5.41, 5.74) is 6.44. The van der Waals surface area contributed by atoms with Gasteiger partial charge in [0.2, 0.25) is 5.89 Å². The van der Waals surface area contributed by atoms with Crippen LogP contribution in [0, 0.1) is 5.82 Å². The van der Waals surface area contributed by atoms with Gasteiger partial charge in [0.05, 0.1) is 0 Å². The topological polar surface area (TPSA) is 64.9 Å². The Balaban J connectivity index is 2.04. The van der Waals surface area contributed by atoms with Crippen molar-refractivity contribution in [2.24, 2.45) is 5.73 Å². The molecule has 2 N–H and O–H groups in total. The van der Waals surface area contributed by atoms with E-state index in [9.17, 15) is 4.39 Å². The summed E-state index contributed by atoms with van der Waals surface area (Å²) in [5, 5.41) is 3.88. The molecule has 0 amide bonds. The molecule has 0 aliphatic rings. The Hall–Kier alpha value is -1.75. The first kappa shape index (κ1) is 12.7. The summed E-state index contributed by atoms with van der Waals surface area (Å²) < 4.78 is 17.9. The van der Waals surface area contributed by atoms with Crippen LogP contribution in [0.15, 0.2) is 28.8 Å². The van der Waals surface area contributed by atoms with E-state index in [1.165, 1.54) is 12.1 Å². The monoisotopic (exact) mass is 249 g/mol. The van der Waals surface area contributed by atoms with Crippen molar-refractivity contribution in [3.8, 4) is 0 Å². The Kier molecular flexibility index (Phi) is 3.43. The van der Waals surface area contributed by atoms with E-state index in [0.717, 1.165) is 5.56 Å². The molecule has 0 radical (unpaired) electrons. The van der Waals surface area contributed by atoms with Crippen LogP contribution in [0.1, 0.15) is 31.1 Å². The molecule has 0 bridgehead atoms. The maximum Gasteiger partial charge on any atom is 0.228 e. The molecule has 2 aromatic rings. The van der Waals surface area contributed by atoms with Gasteiger partial charge in [-0.25, -0.2) is 4.39 Å². The highest BCUT2D eigenvalue weighted by Crippen LogP contribution is 2.11. The first-order valence-corrected chi connectivity index (χ1v) is 5.77. The largest absolute Gasteiger partial charge is 0.339 e. The molecule has 1 aromatic heterocycles. The molecule has 0 atom stereocenters. The van der Waals surface area contributed by atoms with Crippen LogP contribution in [-0.2, 0) is 12.8 Å². The van der Waals surface area contributed by atoms with Crippen molar-refractivity contribution in [2.45, 2.75) is 32.2 Å². The summed E-state index contributed by atoms with van der Waals surface area (Å²) in [6.45, 7) is 3.80. The summed E-state index contributed by atoms with van der Waals surface area (Å²) in [6, 6.07) is 6.25. The minimum absolute atomic E-state index is 0.252. The summed E-state index contributed by atoms with van der Waals surface area (Å²) in [5.74, 6) is 0.859. The highest BCUT2D eigenvalue weighted by atomic mass is 19.1. The molecule has 5 heteroatoms. The molecule has 4 nitrogen and oxygen atoms in total. The van der Waals surface area contributed by atoms with Gasteiger partial charge in [0, 0.05) is 18.4 Å². The lowest BCUT2D eigenvalue weighted by atomic mass is 10.0. The zero-order valence-corrected chi connectivity index (χ0v) is 10.5. The molecule has 0 spiro atoms. The third kappa shape index (κ3) is 3.63. The van der Waals surface area contributed by atoms with Gasteiger partial charge in [-0.3, -0.25) is 0 Å². The molecule has 0 aliphatic carbocycles. The van der Waals surface area contributed by atoms with Crippen LogP contribution in [0.4, 0.5) is 4.39 Å². The van der Waals surface area contributed by atoms with Crippen LogP contribution >= 0.6 is 0 Å². The Morgan fingerprint density at radius 2 is 1.94 bits per heavy atom. The number of halogens is 1. The predicted molar refractivity (Wildman–Crippen MR) is 65.5 cm³/mol. The van der Waals surface area contributed by atoms with Crippen molar-refractivity contribution in [1.29, 1.82) is 0 Å². The van der Waals surface area contributed by atoms with E-state index in [-0.39, 0.29) is 11.4 Å². The van der Waals surface area contributed by atoms with Crippen LogP contribution in [-0.4, -0.2) is 15.7 Å². The molecule has 0 fully saturated rings. The molecule has 96 valence electrons. The number of hydrogen-bond acceptors (Lipinski definition) is 4. The van der Waals surface area contributed by atoms with Crippen LogP contribution in [0.25, 0.3) is 0 Å². The number of benzene rings is 1. The third-order valence-corrected chi connectivity index (χ3v) is 2.39.